The van der Waals surface area contributed by atoms with E-state index in [0.717, 1.165) is 5.69 Å². The largest absolute Gasteiger partial charge is 0.611 e. The number of anilines is 1. The van der Waals surface area contributed by atoms with Crippen molar-refractivity contribution in [2.24, 2.45) is 0 Å². The molecule has 0 radical (unpaired) electrons. The average Bonchev–Trinajstić information content (AvgIpc) is 2.75. The predicted octanol–water partition coefficient (Wildman–Crippen LogP) is 3.80. The van der Waals surface area contributed by atoms with Crippen LogP contribution in [0.25, 0.3) is 0 Å². The second-order valence-electron chi connectivity index (χ2n) is 7.47. The molecule has 0 N–H and O–H groups in total. The van der Waals surface area contributed by atoms with Gasteiger partial charge in [0, 0.05) is 36.9 Å². The lowest BCUT2D eigenvalue weighted by Crippen LogP contribution is -2.59. The minimum Gasteiger partial charge on any atom is -0.611 e. The highest BCUT2D eigenvalue weighted by Crippen LogP contribution is 2.29. The van der Waals surface area contributed by atoms with Crippen molar-refractivity contribution < 1.29 is 18.9 Å². The van der Waals surface area contributed by atoms with Crippen molar-refractivity contribution >= 4 is 51.9 Å². The van der Waals surface area contributed by atoms with Crippen LogP contribution in [0.5, 0.6) is 0 Å². The minimum atomic E-state index is -1.65. The number of pyridine rings is 1. The molecule has 7 nitrogen and oxygen atoms in total. The Kier molecular flexibility index (Phi) is 8.27. The van der Waals surface area contributed by atoms with Gasteiger partial charge in [0.1, 0.15) is 0 Å². The summed E-state index contributed by atoms with van der Waals surface area (Å²) in [5, 5.41) is 0.749. The zero-order valence-corrected chi connectivity index (χ0v) is 20.4. The summed E-state index contributed by atoms with van der Waals surface area (Å²) >= 11 is 10.7. The van der Waals surface area contributed by atoms with Gasteiger partial charge in [-0.15, -0.1) is 0 Å². The fraction of sp³-hybridized carbons (Fsp3) is 0.409. The van der Waals surface area contributed by atoms with Gasteiger partial charge >= 0.3 is 5.97 Å². The standard InChI is InChI=1S/C22H25Cl2N3O4S/c1-4-31-21(28)13-32(30)20-6-5-16(9-19(20)24)22(29)27-8-7-26(14(2)15(27)3)18-10-17(23)11-25-12-18/h5-6,9-12,14-15H,4,7-8,13H2,1-3H3/t14-,15-,32?/m0/s1. The van der Waals surface area contributed by atoms with Crippen molar-refractivity contribution in [3.05, 3.63) is 52.3 Å². The number of esters is 1. The number of ether oxygens (including phenoxy) is 1. The number of halogens is 2. The monoisotopic (exact) mass is 497 g/mol. The van der Waals surface area contributed by atoms with Crippen molar-refractivity contribution in [2.45, 2.75) is 37.8 Å². The highest BCUT2D eigenvalue weighted by Gasteiger charge is 2.34. The van der Waals surface area contributed by atoms with Gasteiger partial charge in [0.25, 0.3) is 5.91 Å². The Balaban J connectivity index is 1.72. The van der Waals surface area contributed by atoms with Crippen LogP contribution in [0, 0.1) is 0 Å². The Morgan fingerprint density at radius 2 is 1.94 bits per heavy atom. The normalized spacial score (nSPS) is 19.6. The first-order valence-electron chi connectivity index (χ1n) is 10.2. The Bertz CT molecular complexity index is 993. The summed E-state index contributed by atoms with van der Waals surface area (Å²) in [6, 6.07) is 6.47. The summed E-state index contributed by atoms with van der Waals surface area (Å²) < 4.78 is 17.3. The minimum absolute atomic E-state index is 0.0415. The maximum atomic E-state index is 13.2. The number of carbonyl (C=O) groups excluding carboxylic acids is 2. The molecule has 3 rings (SSSR count). The fourth-order valence-electron chi connectivity index (χ4n) is 3.72. The van der Waals surface area contributed by atoms with E-state index in [1.54, 1.807) is 30.3 Å². The number of rotatable bonds is 6. The highest BCUT2D eigenvalue weighted by atomic mass is 35.5. The molecule has 1 aromatic carbocycles. The van der Waals surface area contributed by atoms with Crippen molar-refractivity contribution in [3.63, 3.8) is 0 Å². The third kappa shape index (κ3) is 5.49. The SMILES string of the molecule is CCOC(=O)C[S+]([O-])c1ccc(C(=O)N2CCN(c3cncc(Cl)c3)[C@@H](C)[C@@H]2C)cc1Cl. The van der Waals surface area contributed by atoms with E-state index >= 15 is 0 Å². The van der Waals surface area contributed by atoms with Crippen molar-refractivity contribution in [3.8, 4) is 0 Å². The second kappa shape index (κ2) is 10.7. The summed E-state index contributed by atoms with van der Waals surface area (Å²) in [5.41, 5.74) is 1.32. The number of carbonyl (C=O) groups is 2. The van der Waals surface area contributed by atoms with E-state index in [2.05, 4.69) is 16.8 Å². The molecule has 1 aliphatic rings. The fourth-order valence-corrected chi connectivity index (χ4v) is 5.28. The molecule has 172 valence electrons. The Morgan fingerprint density at radius 1 is 1.19 bits per heavy atom. The predicted molar refractivity (Wildman–Crippen MR) is 126 cm³/mol. The van der Waals surface area contributed by atoms with Crippen molar-refractivity contribution in [1.82, 2.24) is 9.88 Å². The Hall–Kier alpha value is -2.00. The first kappa shape index (κ1) is 24.6. The van der Waals surface area contributed by atoms with Crippen LogP contribution in [0.3, 0.4) is 0 Å². The molecule has 1 fully saturated rings. The molecular weight excluding hydrogens is 473 g/mol. The molecule has 3 atom stereocenters. The van der Waals surface area contributed by atoms with E-state index in [4.69, 9.17) is 27.9 Å². The summed E-state index contributed by atoms with van der Waals surface area (Å²) in [6.07, 6.45) is 3.35. The van der Waals surface area contributed by atoms with Crippen molar-refractivity contribution in [1.29, 1.82) is 0 Å². The molecule has 1 aliphatic heterocycles. The zero-order valence-electron chi connectivity index (χ0n) is 18.1. The third-order valence-corrected chi connectivity index (χ3v) is 7.50. The molecule has 0 aliphatic carbocycles. The van der Waals surface area contributed by atoms with Gasteiger partial charge < -0.3 is 19.1 Å². The van der Waals surface area contributed by atoms with E-state index in [-0.39, 0.29) is 35.4 Å². The molecular formula is C22H25Cl2N3O4S. The van der Waals surface area contributed by atoms with Crippen LogP contribution in [0.4, 0.5) is 5.69 Å². The lowest BCUT2D eigenvalue weighted by atomic mass is 10.0. The number of hydrogen-bond donors (Lipinski definition) is 0. The smallest absolute Gasteiger partial charge is 0.356 e. The Morgan fingerprint density at radius 3 is 2.59 bits per heavy atom. The number of benzene rings is 1. The van der Waals surface area contributed by atoms with E-state index in [0.29, 0.717) is 28.6 Å². The molecule has 1 amide bonds. The van der Waals surface area contributed by atoms with Gasteiger partial charge in [-0.3, -0.25) is 9.78 Å². The van der Waals surface area contributed by atoms with Gasteiger partial charge in [-0.05, 0) is 56.2 Å². The molecule has 0 bridgehead atoms. The maximum absolute atomic E-state index is 13.2. The van der Waals surface area contributed by atoms with Gasteiger partial charge in [0.2, 0.25) is 5.75 Å². The van der Waals surface area contributed by atoms with Gasteiger partial charge in [0.15, 0.2) is 4.90 Å². The van der Waals surface area contributed by atoms with Gasteiger partial charge in [-0.2, -0.15) is 0 Å². The van der Waals surface area contributed by atoms with E-state index in [1.165, 1.54) is 12.1 Å². The van der Waals surface area contributed by atoms with Gasteiger partial charge in [0.05, 0.1) is 28.5 Å². The number of amides is 1. The molecule has 0 saturated carbocycles. The third-order valence-electron chi connectivity index (χ3n) is 5.52. The maximum Gasteiger partial charge on any atom is 0.356 e. The zero-order chi connectivity index (χ0) is 23.4. The lowest BCUT2D eigenvalue weighted by Gasteiger charge is -2.46. The topological polar surface area (TPSA) is 85.8 Å². The first-order chi connectivity index (χ1) is 15.2. The average molecular weight is 498 g/mol. The van der Waals surface area contributed by atoms with Crippen molar-refractivity contribution in [2.75, 3.05) is 30.3 Å². The molecule has 10 heteroatoms. The van der Waals surface area contributed by atoms with Gasteiger partial charge in [-0.1, -0.05) is 23.2 Å². The molecule has 1 unspecified atom stereocenters. The molecule has 1 aromatic heterocycles. The lowest BCUT2D eigenvalue weighted by molar-refractivity contribution is -0.139. The molecule has 1 saturated heterocycles. The Labute approximate surface area is 200 Å². The van der Waals surface area contributed by atoms with Gasteiger partial charge in [-0.25, -0.2) is 4.79 Å². The number of hydrogen-bond acceptors (Lipinski definition) is 6. The molecule has 32 heavy (non-hydrogen) atoms. The number of nitrogens with zero attached hydrogens (tertiary/aromatic N) is 3. The van der Waals surface area contributed by atoms with Crippen LogP contribution in [-0.2, 0) is 20.7 Å². The van der Waals surface area contributed by atoms with E-state index < -0.39 is 17.1 Å². The summed E-state index contributed by atoms with van der Waals surface area (Å²) in [4.78, 5) is 33.3. The number of aromatic nitrogens is 1. The first-order valence-corrected chi connectivity index (χ1v) is 12.3. The summed E-state index contributed by atoms with van der Waals surface area (Å²) in [6.45, 7) is 7.10. The van der Waals surface area contributed by atoms with E-state index in [9.17, 15) is 14.1 Å². The molecule has 2 heterocycles. The van der Waals surface area contributed by atoms with Crippen LogP contribution in [-0.4, -0.2) is 63.8 Å². The van der Waals surface area contributed by atoms with Crippen LogP contribution >= 0.6 is 23.2 Å². The van der Waals surface area contributed by atoms with Crippen LogP contribution < -0.4 is 4.90 Å². The number of piperazine rings is 1. The molecule has 0 spiro atoms. The summed E-state index contributed by atoms with van der Waals surface area (Å²) in [5.74, 6) is -0.995. The van der Waals surface area contributed by atoms with Crippen LogP contribution in [0.2, 0.25) is 10.0 Å². The van der Waals surface area contributed by atoms with Crippen LogP contribution in [0.15, 0.2) is 41.6 Å². The quantitative estimate of drug-likeness (QED) is 0.445. The van der Waals surface area contributed by atoms with Crippen LogP contribution in [0.1, 0.15) is 31.1 Å². The molecule has 2 aromatic rings. The highest BCUT2D eigenvalue weighted by molar-refractivity contribution is 7.92. The van der Waals surface area contributed by atoms with E-state index in [1.807, 2.05) is 13.0 Å². The summed E-state index contributed by atoms with van der Waals surface area (Å²) in [7, 11) is 0. The second-order valence-corrected chi connectivity index (χ2v) is 9.74.